The summed E-state index contributed by atoms with van der Waals surface area (Å²) < 4.78 is 18.4. The van der Waals surface area contributed by atoms with Crippen molar-refractivity contribution in [1.82, 2.24) is 0 Å². The standard InChI is InChI=1S/C15H11Cl2FN2O4/c1-8(24-14-5-2-9(18)6-12(14)17)15(21)19-13-7-10(20(22)23)3-4-11(13)16/h2-8H,1H3,(H,19,21). The number of nitrogens with one attached hydrogen (secondary N) is 1. The maximum Gasteiger partial charge on any atom is 0.271 e. The van der Waals surface area contributed by atoms with E-state index >= 15 is 0 Å². The van der Waals surface area contributed by atoms with Gasteiger partial charge in [-0.15, -0.1) is 0 Å². The van der Waals surface area contributed by atoms with Gasteiger partial charge in [0, 0.05) is 12.1 Å². The molecule has 0 fully saturated rings. The van der Waals surface area contributed by atoms with E-state index in [2.05, 4.69) is 5.32 Å². The summed E-state index contributed by atoms with van der Waals surface area (Å²) in [6.07, 6.45) is -0.997. The van der Waals surface area contributed by atoms with Crippen LogP contribution in [0.2, 0.25) is 10.0 Å². The Balaban J connectivity index is 2.11. The number of carbonyl (C=O) groups excluding carboxylic acids is 1. The Morgan fingerprint density at radius 3 is 2.58 bits per heavy atom. The predicted molar refractivity (Wildman–Crippen MR) is 88.2 cm³/mol. The minimum atomic E-state index is -0.997. The van der Waals surface area contributed by atoms with Gasteiger partial charge >= 0.3 is 0 Å². The Morgan fingerprint density at radius 1 is 1.25 bits per heavy atom. The molecule has 1 N–H and O–H groups in total. The first kappa shape index (κ1) is 18.0. The number of non-ortho nitro benzene ring substituents is 1. The highest BCUT2D eigenvalue weighted by molar-refractivity contribution is 6.34. The Labute approximate surface area is 146 Å². The summed E-state index contributed by atoms with van der Waals surface area (Å²) in [4.78, 5) is 22.3. The zero-order chi connectivity index (χ0) is 17.9. The van der Waals surface area contributed by atoms with Gasteiger partial charge in [-0.3, -0.25) is 14.9 Å². The van der Waals surface area contributed by atoms with Crippen molar-refractivity contribution in [1.29, 1.82) is 0 Å². The van der Waals surface area contributed by atoms with Gasteiger partial charge in [0.1, 0.15) is 11.6 Å². The first-order chi connectivity index (χ1) is 11.3. The molecule has 0 aliphatic heterocycles. The predicted octanol–water partition coefficient (Wildman–Crippen LogP) is 4.45. The third-order valence-electron chi connectivity index (χ3n) is 2.99. The molecule has 6 nitrogen and oxygen atoms in total. The lowest BCUT2D eigenvalue weighted by Gasteiger charge is -2.16. The van der Waals surface area contributed by atoms with Crippen LogP contribution in [0.3, 0.4) is 0 Å². The number of nitrogens with zero attached hydrogens (tertiary/aromatic N) is 1. The zero-order valence-electron chi connectivity index (χ0n) is 12.3. The van der Waals surface area contributed by atoms with Gasteiger partial charge in [-0.1, -0.05) is 23.2 Å². The van der Waals surface area contributed by atoms with Gasteiger partial charge in [0.25, 0.3) is 11.6 Å². The Hall–Kier alpha value is -2.38. The Bertz CT molecular complexity index is 801. The first-order valence-corrected chi connectivity index (χ1v) is 7.40. The summed E-state index contributed by atoms with van der Waals surface area (Å²) in [5.41, 5.74) is -0.138. The van der Waals surface area contributed by atoms with E-state index in [9.17, 15) is 19.3 Å². The number of hydrogen-bond donors (Lipinski definition) is 1. The van der Waals surface area contributed by atoms with E-state index in [1.54, 1.807) is 0 Å². The molecule has 2 rings (SSSR count). The molecule has 0 aliphatic rings. The summed E-state index contributed by atoms with van der Waals surface area (Å²) in [5, 5.41) is 13.4. The summed E-state index contributed by atoms with van der Waals surface area (Å²) >= 11 is 11.7. The summed E-state index contributed by atoms with van der Waals surface area (Å²) in [6.45, 7) is 1.44. The Morgan fingerprint density at radius 2 is 1.96 bits per heavy atom. The van der Waals surface area contributed by atoms with Crippen LogP contribution in [0.5, 0.6) is 5.75 Å². The lowest BCUT2D eigenvalue weighted by atomic mass is 10.2. The van der Waals surface area contributed by atoms with Crippen LogP contribution in [-0.4, -0.2) is 16.9 Å². The van der Waals surface area contributed by atoms with Crippen LogP contribution in [-0.2, 0) is 4.79 Å². The van der Waals surface area contributed by atoms with Crippen molar-refractivity contribution >= 4 is 40.5 Å². The number of carbonyl (C=O) groups is 1. The van der Waals surface area contributed by atoms with Gasteiger partial charge < -0.3 is 10.1 Å². The van der Waals surface area contributed by atoms with Crippen molar-refractivity contribution in [3.8, 4) is 5.75 Å². The van der Waals surface area contributed by atoms with E-state index in [1.165, 1.54) is 25.1 Å². The minimum Gasteiger partial charge on any atom is -0.479 e. The molecule has 0 aromatic heterocycles. The number of rotatable bonds is 5. The third-order valence-corrected chi connectivity index (χ3v) is 3.61. The number of anilines is 1. The van der Waals surface area contributed by atoms with Crippen molar-refractivity contribution in [3.63, 3.8) is 0 Å². The molecule has 0 saturated carbocycles. The van der Waals surface area contributed by atoms with Crippen molar-refractivity contribution in [2.45, 2.75) is 13.0 Å². The lowest BCUT2D eigenvalue weighted by molar-refractivity contribution is -0.384. The highest BCUT2D eigenvalue weighted by atomic mass is 35.5. The van der Waals surface area contributed by atoms with Crippen LogP contribution >= 0.6 is 23.2 Å². The van der Waals surface area contributed by atoms with Crippen LogP contribution in [0.25, 0.3) is 0 Å². The molecule has 1 atom stereocenters. The summed E-state index contributed by atoms with van der Waals surface area (Å²) in [7, 11) is 0. The van der Waals surface area contributed by atoms with E-state index in [-0.39, 0.29) is 27.2 Å². The molecule has 9 heteroatoms. The number of benzene rings is 2. The van der Waals surface area contributed by atoms with Crippen molar-refractivity contribution in [2.75, 3.05) is 5.32 Å². The molecule has 0 aliphatic carbocycles. The van der Waals surface area contributed by atoms with Gasteiger partial charge in [-0.25, -0.2) is 4.39 Å². The fraction of sp³-hybridized carbons (Fsp3) is 0.133. The number of amides is 1. The fourth-order valence-corrected chi connectivity index (χ4v) is 2.15. The molecule has 1 amide bonds. The minimum absolute atomic E-state index is 0.0167. The smallest absolute Gasteiger partial charge is 0.271 e. The average molecular weight is 373 g/mol. The lowest BCUT2D eigenvalue weighted by Crippen LogP contribution is -2.30. The largest absolute Gasteiger partial charge is 0.479 e. The molecule has 1 unspecified atom stereocenters. The van der Waals surface area contributed by atoms with Gasteiger partial charge in [0.2, 0.25) is 0 Å². The van der Waals surface area contributed by atoms with Crippen LogP contribution in [0.4, 0.5) is 15.8 Å². The van der Waals surface area contributed by atoms with Crippen LogP contribution in [0.1, 0.15) is 6.92 Å². The highest BCUT2D eigenvalue weighted by Crippen LogP contribution is 2.28. The van der Waals surface area contributed by atoms with Crippen LogP contribution < -0.4 is 10.1 Å². The maximum absolute atomic E-state index is 13.0. The van der Waals surface area contributed by atoms with E-state index in [4.69, 9.17) is 27.9 Å². The van der Waals surface area contributed by atoms with E-state index in [0.717, 1.165) is 18.2 Å². The number of nitro groups is 1. The molecule has 2 aromatic rings. The molecule has 24 heavy (non-hydrogen) atoms. The molecule has 0 bridgehead atoms. The number of ether oxygens (including phenoxy) is 1. The summed E-state index contributed by atoms with van der Waals surface area (Å²) in [6, 6.07) is 7.15. The Kier molecular flexibility index (Phi) is 5.58. The molecule has 0 radical (unpaired) electrons. The topological polar surface area (TPSA) is 81.5 Å². The van der Waals surface area contributed by atoms with E-state index < -0.39 is 22.8 Å². The number of hydrogen-bond acceptors (Lipinski definition) is 4. The quantitative estimate of drug-likeness (QED) is 0.620. The molecule has 0 saturated heterocycles. The average Bonchev–Trinajstić information content (AvgIpc) is 2.51. The van der Waals surface area contributed by atoms with E-state index in [1.807, 2.05) is 0 Å². The molecule has 126 valence electrons. The fourth-order valence-electron chi connectivity index (χ4n) is 1.77. The van der Waals surface area contributed by atoms with Crippen LogP contribution in [0, 0.1) is 15.9 Å². The van der Waals surface area contributed by atoms with Gasteiger partial charge in [-0.05, 0) is 31.2 Å². The zero-order valence-corrected chi connectivity index (χ0v) is 13.8. The van der Waals surface area contributed by atoms with Gasteiger partial charge in [-0.2, -0.15) is 0 Å². The van der Waals surface area contributed by atoms with Gasteiger partial charge in [0.05, 0.1) is 20.7 Å². The first-order valence-electron chi connectivity index (χ1n) is 6.64. The molecular formula is C15H11Cl2FN2O4. The molecule has 2 aromatic carbocycles. The maximum atomic E-state index is 13.0. The molecular weight excluding hydrogens is 362 g/mol. The number of nitro benzene ring substituents is 1. The van der Waals surface area contributed by atoms with Crippen molar-refractivity contribution in [2.24, 2.45) is 0 Å². The second-order valence-corrected chi connectivity index (χ2v) is 5.56. The number of halogens is 3. The normalized spacial score (nSPS) is 11.7. The van der Waals surface area contributed by atoms with Crippen molar-refractivity contribution < 1.29 is 18.8 Å². The van der Waals surface area contributed by atoms with E-state index in [0.29, 0.717) is 0 Å². The highest BCUT2D eigenvalue weighted by Gasteiger charge is 2.19. The summed E-state index contributed by atoms with van der Waals surface area (Å²) in [5.74, 6) is -1.00. The monoisotopic (exact) mass is 372 g/mol. The second-order valence-electron chi connectivity index (χ2n) is 4.75. The third kappa shape index (κ3) is 4.33. The SMILES string of the molecule is CC(Oc1ccc(F)cc1Cl)C(=O)Nc1cc([N+](=O)[O-])ccc1Cl. The second kappa shape index (κ2) is 7.46. The van der Waals surface area contributed by atoms with Crippen LogP contribution in [0.15, 0.2) is 36.4 Å². The van der Waals surface area contributed by atoms with Crippen molar-refractivity contribution in [3.05, 3.63) is 62.4 Å². The molecule has 0 heterocycles. The van der Waals surface area contributed by atoms with Gasteiger partial charge in [0.15, 0.2) is 6.10 Å². The molecule has 0 spiro atoms.